The summed E-state index contributed by atoms with van der Waals surface area (Å²) in [4.78, 5) is 25.8. The van der Waals surface area contributed by atoms with E-state index in [0.717, 1.165) is 52.2 Å². The third-order valence-corrected chi connectivity index (χ3v) is 10.4. The number of para-hydroxylation sites is 1. The Hall–Kier alpha value is -2.28. The Balaban J connectivity index is 1.31. The van der Waals surface area contributed by atoms with Gasteiger partial charge in [0.05, 0.1) is 21.7 Å². The average molecular weight is 545 g/mol. The number of benzene rings is 1. The highest BCUT2D eigenvalue weighted by molar-refractivity contribution is 7.13. The van der Waals surface area contributed by atoms with E-state index in [0.29, 0.717) is 12.0 Å². The summed E-state index contributed by atoms with van der Waals surface area (Å²) in [5.74, 6) is 0.646. The second-order valence-corrected chi connectivity index (χ2v) is 13.0. The van der Waals surface area contributed by atoms with Crippen LogP contribution in [0.1, 0.15) is 87.1 Å². The molecule has 3 fully saturated rings. The minimum absolute atomic E-state index is 0.0719. The number of rotatable bonds is 7. The average Bonchev–Trinajstić information content (AvgIpc) is 3.53. The molecule has 6 heteroatoms. The molecule has 5 nitrogen and oxygen atoms in total. The van der Waals surface area contributed by atoms with Gasteiger partial charge >= 0.3 is 0 Å². The van der Waals surface area contributed by atoms with Gasteiger partial charge in [-0.2, -0.15) is 0 Å². The number of fused-ring (bicyclic) bond motifs is 1. The second kappa shape index (κ2) is 12.5. The van der Waals surface area contributed by atoms with Crippen LogP contribution >= 0.6 is 11.3 Å². The Morgan fingerprint density at radius 1 is 0.949 bits per heavy atom. The van der Waals surface area contributed by atoms with E-state index in [1.165, 1.54) is 77.3 Å². The van der Waals surface area contributed by atoms with E-state index in [2.05, 4.69) is 51.7 Å². The van der Waals surface area contributed by atoms with Gasteiger partial charge in [-0.25, -0.2) is 4.98 Å². The molecule has 3 aromatic rings. The van der Waals surface area contributed by atoms with Gasteiger partial charge in [-0.05, 0) is 95.1 Å². The number of thiophene rings is 1. The van der Waals surface area contributed by atoms with Gasteiger partial charge in [0.25, 0.3) is 5.91 Å². The number of likely N-dealkylation sites (tertiary alicyclic amines) is 2. The van der Waals surface area contributed by atoms with Gasteiger partial charge in [0.15, 0.2) is 0 Å². The van der Waals surface area contributed by atoms with Crippen molar-refractivity contribution in [3.8, 4) is 10.6 Å². The standard InChI is InChI=1S/C33H44N4OS/c1-24(25-11-4-2-5-12-25)34-33(38)31-27-13-6-7-14-29(27)35-32(30-15-10-22-39-30)28(31)23-36-20-16-26(17-21-36)37-18-8-3-9-19-37/h6-7,10,13-15,22,24-26H,2-5,8-9,11-12,16-21,23H2,1H3,(H,34,38)/t24-/m0/s1. The molecule has 208 valence electrons. The van der Waals surface area contributed by atoms with Crippen molar-refractivity contribution in [2.24, 2.45) is 5.92 Å². The lowest BCUT2D eigenvalue weighted by Gasteiger charge is -2.40. The van der Waals surface area contributed by atoms with E-state index in [9.17, 15) is 4.79 Å². The van der Waals surface area contributed by atoms with Crippen LogP contribution < -0.4 is 5.32 Å². The zero-order valence-corrected chi connectivity index (χ0v) is 24.4. The van der Waals surface area contributed by atoms with Crippen LogP contribution in [-0.2, 0) is 6.54 Å². The van der Waals surface area contributed by atoms with Crippen LogP contribution in [0.15, 0.2) is 41.8 Å². The highest BCUT2D eigenvalue weighted by Crippen LogP contribution is 2.35. The van der Waals surface area contributed by atoms with Gasteiger partial charge in [-0.15, -0.1) is 11.3 Å². The number of nitrogens with zero attached hydrogens (tertiary/aromatic N) is 3. The summed E-state index contributed by atoms with van der Waals surface area (Å²) < 4.78 is 0. The summed E-state index contributed by atoms with van der Waals surface area (Å²) in [7, 11) is 0. The lowest BCUT2D eigenvalue weighted by Crippen LogP contribution is -2.46. The molecule has 1 aliphatic carbocycles. The number of hydrogen-bond acceptors (Lipinski definition) is 5. The van der Waals surface area contributed by atoms with Crippen molar-refractivity contribution < 1.29 is 4.79 Å². The largest absolute Gasteiger partial charge is 0.349 e. The summed E-state index contributed by atoms with van der Waals surface area (Å²) in [6.45, 7) is 7.69. The molecule has 1 atom stereocenters. The van der Waals surface area contributed by atoms with Gasteiger partial charge in [-0.1, -0.05) is 49.9 Å². The molecule has 1 N–H and O–H groups in total. The first-order valence-electron chi connectivity index (χ1n) is 15.4. The van der Waals surface area contributed by atoms with Crippen LogP contribution in [0.2, 0.25) is 0 Å². The Kier molecular flexibility index (Phi) is 8.62. The predicted molar refractivity (Wildman–Crippen MR) is 162 cm³/mol. The normalized spacial score (nSPS) is 21.3. The minimum atomic E-state index is 0.0719. The van der Waals surface area contributed by atoms with Crippen molar-refractivity contribution in [1.29, 1.82) is 0 Å². The molecule has 0 unspecified atom stereocenters. The molecule has 39 heavy (non-hydrogen) atoms. The Morgan fingerprint density at radius 3 is 2.44 bits per heavy atom. The summed E-state index contributed by atoms with van der Waals surface area (Å²) in [5, 5.41) is 6.56. The maximum absolute atomic E-state index is 14.2. The molecule has 2 aromatic heterocycles. The molecule has 4 heterocycles. The fourth-order valence-electron chi connectivity index (χ4n) is 7.26. The van der Waals surface area contributed by atoms with E-state index < -0.39 is 0 Å². The third kappa shape index (κ3) is 6.08. The minimum Gasteiger partial charge on any atom is -0.349 e. The van der Waals surface area contributed by atoms with Crippen LogP contribution in [0.3, 0.4) is 0 Å². The van der Waals surface area contributed by atoms with E-state index in [1.54, 1.807) is 11.3 Å². The predicted octanol–water partition coefficient (Wildman–Crippen LogP) is 7.11. The number of aromatic nitrogens is 1. The molecule has 3 aliphatic rings. The molecule has 1 amide bonds. The van der Waals surface area contributed by atoms with Gasteiger partial charge in [0, 0.05) is 29.6 Å². The number of carbonyl (C=O) groups excluding carboxylic acids is 1. The van der Waals surface area contributed by atoms with Crippen LogP contribution in [0, 0.1) is 5.92 Å². The van der Waals surface area contributed by atoms with Crippen LogP contribution in [0.25, 0.3) is 21.5 Å². The molecule has 1 aromatic carbocycles. The summed E-state index contributed by atoms with van der Waals surface area (Å²) in [6, 6.07) is 13.4. The Bertz CT molecular complexity index is 1240. The zero-order valence-electron chi connectivity index (χ0n) is 23.5. The first kappa shape index (κ1) is 26.9. The van der Waals surface area contributed by atoms with E-state index >= 15 is 0 Å². The maximum atomic E-state index is 14.2. The summed E-state index contributed by atoms with van der Waals surface area (Å²) in [5.41, 5.74) is 3.83. The van der Waals surface area contributed by atoms with E-state index in [4.69, 9.17) is 4.98 Å². The molecular weight excluding hydrogens is 500 g/mol. The molecule has 2 aliphatic heterocycles. The number of amides is 1. The van der Waals surface area contributed by atoms with E-state index in [-0.39, 0.29) is 11.9 Å². The maximum Gasteiger partial charge on any atom is 0.252 e. The summed E-state index contributed by atoms with van der Waals surface area (Å²) in [6.07, 6.45) is 12.9. The highest BCUT2D eigenvalue weighted by atomic mass is 32.1. The smallest absolute Gasteiger partial charge is 0.252 e. The van der Waals surface area contributed by atoms with Crippen molar-refractivity contribution in [3.05, 3.63) is 52.9 Å². The lowest BCUT2D eigenvalue weighted by molar-refractivity contribution is 0.0878. The lowest BCUT2D eigenvalue weighted by atomic mass is 9.84. The quantitative estimate of drug-likeness (QED) is 0.344. The number of hydrogen-bond donors (Lipinski definition) is 1. The molecular formula is C33H44N4OS. The number of pyridine rings is 1. The molecule has 0 spiro atoms. The number of piperidine rings is 2. The van der Waals surface area contributed by atoms with Crippen molar-refractivity contribution in [2.45, 2.75) is 89.8 Å². The van der Waals surface area contributed by atoms with Gasteiger partial charge in [-0.3, -0.25) is 9.69 Å². The Morgan fingerprint density at radius 2 is 1.69 bits per heavy atom. The molecule has 0 radical (unpaired) electrons. The summed E-state index contributed by atoms with van der Waals surface area (Å²) >= 11 is 1.72. The molecule has 2 saturated heterocycles. The van der Waals surface area contributed by atoms with Crippen LogP contribution in [0.4, 0.5) is 0 Å². The van der Waals surface area contributed by atoms with Crippen molar-refractivity contribution in [3.63, 3.8) is 0 Å². The van der Waals surface area contributed by atoms with Crippen LogP contribution in [0.5, 0.6) is 0 Å². The second-order valence-electron chi connectivity index (χ2n) is 12.1. The Labute approximate surface area is 238 Å². The number of carbonyl (C=O) groups is 1. The van der Waals surface area contributed by atoms with Crippen LogP contribution in [-0.4, -0.2) is 59.0 Å². The third-order valence-electron chi connectivity index (χ3n) is 9.54. The zero-order chi connectivity index (χ0) is 26.6. The van der Waals surface area contributed by atoms with Crippen molar-refractivity contribution in [1.82, 2.24) is 20.1 Å². The number of nitrogens with one attached hydrogen (secondary N) is 1. The first-order chi connectivity index (χ1) is 19.2. The van der Waals surface area contributed by atoms with E-state index in [1.807, 2.05) is 12.1 Å². The topological polar surface area (TPSA) is 48.5 Å². The fourth-order valence-corrected chi connectivity index (χ4v) is 8.00. The first-order valence-corrected chi connectivity index (χ1v) is 16.3. The SMILES string of the molecule is C[C@H](NC(=O)c1c(CN2CCC(N3CCCCC3)CC2)c(-c2cccs2)nc2ccccc12)C1CCCCC1. The van der Waals surface area contributed by atoms with Gasteiger partial charge in [0.1, 0.15) is 0 Å². The monoisotopic (exact) mass is 544 g/mol. The van der Waals surface area contributed by atoms with Gasteiger partial charge in [0.2, 0.25) is 0 Å². The van der Waals surface area contributed by atoms with Crippen molar-refractivity contribution >= 4 is 28.1 Å². The van der Waals surface area contributed by atoms with Crippen molar-refractivity contribution in [2.75, 3.05) is 26.2 Å². The fraction of sp³-hybridized carbons (Fsp3) is 0.576. The van der Waals surface area contributed by atoms with Gasteiger partial charge < -0.3 is 10.2 Å². The molecule has 6 rings (SSSR count). The highest BCUT2D eigenvalue weighted by Gasteiger charge is 2.30. The molecule has 0 bridgehead atoms. The molecule has 1 saturated carbocycles.